The van der Waals surface area contributed by atoms with Gasteiger partial charge >= 0.3 is 5.97 Å². The molecule has 0 spiro atoms. The number of methoxy groups -OCH3 is 3. The largest absolute Gasteiger partial charge is 0.493 e. The Kier molecular flexibility index (Phi) is 8.32. The van der Waals surface area contributed by atoms with Gasteiger partial charge in [-0.05, 0) is 43.7 Å². The van der Waals surface area contributed by atoms with Crippen LogP contribution in [0, 0.1) is 0 Å². The fourth-order valence-electron chi connectivity index (χ4n) is 3.73. The summed E-state index contributed by atoms with van der Waals surface area (Å²) in [6.07, 6.45) is 4.76. The summed E-state index contributed by atoms with van der Waals surface area (Å²) >= 11 is 1.38. The zero-order valence-electron chi connectivity index (χ0n) is 19.5. The monoisotopic (exact) mass is 508 g/mol. The molecule has 0 radical (unpaired) electrons. The molecule has 11 heteroatoms. The van der Waals surface area contributed by atoms with Gasteiger partial charge in [0.2, 0.25) is 0 Å². The van der Waals surface area contributed by atoms with E-state index in [1.54, 1.807) is 11.0 Å². The lowest BCUT2D eigenvalue weighted by molar-refractivity contribution is 0.0601. The second kappa shape index (κ2) is 11.0. The van der Waals surface area contributed by atoms with Crippen molar-refractivity contribution in [2.75, 3.05) is 45.4 Å². The average molecular weight is 509 g/mol. The van der Waals surface area contributed by atoms with Gasteiger partial charge in [0.1, 0.15) is 0 Å². The topological polar surface area (TPSA) is 111 Å². The molecular weight excluding hydrogens is 480 g/mol. The van der Waals surface area contributed by atoms with Crippen molar-refractivity contribution in [2.24, 2.45) is 0 Å². The van der Waals surface area contributed by atoms with Crippen molar-refractivity contribution in [1.82, 2.24) is 4.90 Å². The lowest BCUT2D eigenvalue weighted by atomic mass is 10.1. The van der Waals surface area contributed by atoms with Crippen LogP contribution in [0.5, 0.6) is 11.5 Å². The van der Waals surface area contributed by atoms with Crippen molar-refractivity contribution in [3.8, 4) is 11.5 Å². The summed E-state index contributed by atoms with van der Waals surface area (Å²) in [6, 6.07) is 7.11. The number of rotatable bonds is 8. The molecule has 0 unspecified atom stereocenters. The molecule has 1 fully saturated rings. The number of likely N-dealkylation sites (tertiary alicyclic amines) is 1. The van der Waals surface area contributed by atoms with Crippen molar-refractivity contribution >= 4 is 39.3 Å². The van der Waals surface area contributed by atoms with Gasteiger partial charge < -0.3 is 19.1 Å². The third-order valence-electron chi connectivity index (χ3n) is 5.53. The number of piperidine rings is 1. The average Bonchev–Trinajstić information content (AvgIpc) is 2.87. The zero-order valence-corrected chi connectivity index (χ0v) is 21.2. The summed E-state index contributed by atoms with van der Waals surface area (Å²) in [4.78, 5) is 27.8. The van der Waals surface area contributed by atoms with E-state index < -0.39 is 16.0 Å². The van der Waals surface area contributed by atoms with Gasteiger partial charge in [-0.25, -0.2) is 13.2 Å². The third-order valence-corrected chi connectivity index (χ3v) is 7.69. The standard InChI is InChI=1S/C23H28N2O7S2/c1-30-19-13-16(23(27)32-3)18(14-20(19)31-2)24-34(28,29)15-8-9-21(33-4)17(12-15)22(26)25-10-6-5-7-11-25/h8-9,12-14,24H,5-7,10-11H2,1-4H3. The van der Waals surface area contributed by atoms with Gasteiger partial charge in [0.25, 0.3) is 15.9 Å². The second-order valence-electron chi connectivity index (χ2n) is 7.56. The normalized spacial score (nSPS) is 13.8. The first-order valence-corrected chi connectivity index (χ1v) is 13.3. The van der Waals surface area contributed by atoms with Gasteiger partial charge in [-0.1, -0.05) is 0 Å². The number of esters is 1. The van der Waals surface area contributed by atoms with Crippen LogP contribution in [0.2, 0.25) is 0 Å². The van der Waals surface area contributed by atoms with Crippen LogP contribution in [-0.2, 0) is 14.8 Å². The number of carbonyl (C=O) groups is 2. The van der Waals surface area contributed by atoms with Crippen LogP contribution in [0.3, 0.4) is 0 Å². The Labute approximate surface area is 203 Å². The number of amides is 1. The highest BCUT2D eigenvalue weighted by Gasteiger charge is 2.26. The molecule has 184 valence electrons. The Bertz CT molecular complexity index is 1180. The van der Waals surface area contributed by atoms with E-state index in [0.29, 0.717) is 23.5 Å². The van der Waals surface area contributed by atoms with Crippen LogP contribution < -0.4 is 14.2 Å². The molecule has 0 aliphatic carbocycles. The summed E-state index contributed by atoms with van der Waals surface area (Å²) in [5.74, 6) is -0.476. The van der Waals surface area contributed by atoms with Crippen LogP contribution in [0.25, 0.3) is 0 Å². The Morgan fingerprint density at radius 1 is 0.941 bits per heavy atom. The van der Waals surface area contributed by atoms with Crippen molar-refractivity contribution < 1.29 is 32.2 Å². The first-order valence-electron chi connectivity index (χ1n) is 10.6. The highest BCUT2D eigenvalue weighted by molar-refractivity contribution is 7.98. The van der Waals surface area contributed by atoms with Crippen LogP contribution >= 0.6 is 11.8 Å². The van der Waals surface area contributed by atoms with Crippen molar-refractivity contribution in [3.63, 3.8) is 0 Å². The van der Waals surface area contributed by atoms with Gasteiger partial charge in [0.15, 0.2) is 11.5 Å². The molecule has 1 heterocycles. The van der Waals surface area contributed by atoms with Crippen LogP contribution in [-0.4, -0.2) is 65.9 Å². The number of hydrogen-bond acceptors (Lipinski definition) is 8. The fourth-order valence-corrected chi connectivity index (χ4v) is 5.40. The summed E-state index contributed by atoms with van der Waals surface area (Å²) < 4.78 is 44.3. The molecule has 1 saturated heterocycles. The maximum atomic E-state index is 13.3. The van der Waals surface area contributed by atoms with E-state index in [4.69, 9.17) is 14.2 Å². The van der Waals surface area contributed by atoms with Gasteiger partial charge in [-0.15, -0.1) is 11.8 Å². The summed E-state index contributed by atoms with van der Waals surface area (Å²) in [6.45, 7) is 1.30. The molecule has 0 bridgehead atoms. The minimum Gasteiger partial charge on any atom is -0.493 e. The number of anilines is 1. The van der Waals surface area contributed by atoms with Gasteiger partial charge in [-0.2, -0.15) is 0 Å². The van der Waals surface area contributed by atoms with Gasteiger partial charge in [0.05, 0.1) is 43.0 Å². The molecule has 0 atom stereocenters. The number of nitrogens with zero attached hydrogens (tertiary/aromatic N) is 1. The lowest BCUT2D eigenvalue weighted by Gasteiger charge is -2.27. The molecule has 1 N–H and O–H groups in total. The van der Waals surface area contributed by atoms with Crippen molar-refractivity contribution in [3.05, 3.63) is 41.5 Å². The Morgan fingerprint density at radius 2 is 1.59 bits per heavy atom. The zero-order chi connectivity index (χ0) is 24.9. The van der Waals surface area contributed by atoms with E-state index in [9.17, 15) is 18.0 Å². The molecule has 1 amide bonds. The molecule has 1 aliphatic rings. The number of hydrogen-bond donors (Lipinski definition) is 1. The quantitative estimate of drug-likeness (QED) is 0.425. The molecular formula is C23H28N2O7S2. The number of sulfonamides is 1. The highest BCUT2D eigenvalue weighted by Crippen LogP contribution is 2.35. The summed E-state index contributed by atoms with van der Waals surface area (Å²) in [5.41, 5.74) is 0.245. The van der Waals surface area contributed by atoms with E-state index in [0.717, 1.165) is 19.3 Å². The van der Waals surface area contributed by atoms with Gasteiger partial charge in [0, 0.05) is 30.1 Å². The summed E-state index contributed by atoms with van der Waals surface area (Å²) in [7, 11) is -0.180. The Balaban J connectivity index is 2.02. The number of nitrogens with one attached hydrogen (secondary N) is 1. The lowest BCUT2D eigenvalue weighted by Crippen LogP contribution is -2.36. The van der Waals surface area contributed by atoms with Crippen molar-refractivity contribution in [2.45, 2.75) is 29.1 Å². The maximum absolute atomic E-state index is 13.3. The first kappa shape index (κ1) is 25.7. The number of thioether (sulfide) groups is 1. The molecule has 9 nitrogen and oxygen atoms in total. The minimum atomic E-state index is -4.17. The minimum absolute atomic E-state index is 0.0395. The second-order valence-corrected chi connectivity index (χ2v) is 10.1. The molecule has 0 aromatic heterocycles. The Hall–Kier alpha value is -2.92. The molecule has 34 heavy (non-hydrogen) atoms. The summed E-state index contributed by atoms with van der Waals surface area (Å²) in [5, 5.41) is 0. The van der Waals surface area contributed by atoms with Gasteiger partial charge in [-0.3, -0.25) is 9.52 Å². The Morgan fingerprint density at radius 3 is 2.18 bits per heavy atom. The highest BCUT2D eigenvalue weighted by atomic mass is 32.2. The maximum Gasteiger partial charge on any atom is 0.340 e. The predicted molar refractivity (Wildman–Crippen MR) is 130 cm³/mol. The number of carbonyl (C=O) groups excluding carboxylic acids is 2. The number of benzene rings is 2. The third kappa shape index (κ3) is 5.41. The van der Waals surface area contributed by atoms with E-state index in [-0.39, 0.29) is 33.6 Å². The molecule has 3 rings (SSSR count). The first-order chi connectivity index (χ1) is 16.2. The van der Waals surface area contributed by atoms with E-state index in [2.05, 4.69) is 4.72 Å². The van der Waals surface area contributed by atoms with E-state index in [1.165, 1.54) is 57.4 Å². The SMILES string of the molecule is COC(=O)c1cc(OC)c(OC)cc1NS(=O)(=O)c1ccc(SC)c(C(=O)N2CCCCC2)c1. The number of ether oxygens (including phenoxy) is 3. The van der Waals surface area contributed by atoms with Crippen LogP contribution in [0.15, 0.2) is 40.1 Å². The van der Waals surface area contributed by atoms with E-state index >= 15 is 0 Å². The van der Waals surface area contributed by atoms with Crippen LogP contribution in [0.4, 0.5) is 5.69 Å². The molecule has 1 aliphatic heterocycles. The molecule has 2 aromatic carbocycles. The van der Waals surface area contributed by atoms with E-state index in [1.807, 2.05) is 6.26 Å². The predicted octanol–water partition coefficient (Wildman–Crippen LogP) is 3.64. The van der Waals surface area contributed by atoms with Crippen molar-refractivity contribution in [1.29, 1.82) is 0 Å². The molecule has 2 aromatic rings. The van der Waals surface area contributed by atoms with Crippen LogP contribution in [0.1, 0.15) is 40.0 Å². The fraction of sp³-hybridized carbons (Fsp3) is 0.391. The smallest absolute Gasteiger partial charge is 0.340 e. The molecule has 0 saturated carbocycles.